The number of amides is 1. The van der Waals surface area contributed by atoms with Gasteiger partial charge in [-0.2, -0.15) is 0 Å². The highest BCUT2D eigenvalue weighted by atomic mass is 35.5. The van der Waals surface area contributed by atoms with E-state index < -0.39 is 0 Å². The van der Waals surface area contributed by atoms with Crippen molar-refractivity contribution < 1.29 is 13.9 Å². The number of rotatable bonds is 5. The summed E-state index contributed by atoms with van der Waals surface area (Å²) in [5, 5.41) is 6.18. The third-order valence-electron chi connectivity index (χ3n) is 3.76. The third kappa shape index (κ3) is 5.22. The first-order valence-electron chi connectivity index (χ1n) is 7.76. The highest BCUT2D eigenvalue weighted by Crippen LogP contribution is 2.23. The Morgan fingerprint density at radius 1 is 1.21 bits per heavy atom. The van der Waals surface area contributed by atoms with Gasteiger partial charge in [-0.05, 0) is 55.8 Å². The molecule has 1 heterocycles. The van der Waals surface area contributed by atoms with Crippen LogP contribution in [0.2, 0.25) is 0 Å². The van der Waals surface area contributed by atoms with Gasteiger partial charge in [-0.25, -0.2) is 4.39 Å². The zero-order chi connectivity index (χ0) is 16.1. The molecule has 24 heavy (non-hydrogen) atoms. The van der Waals surface area contributed by atoms with Crippen LogP contribution in [0.15, 0.2) is 48.5 Å². The first kappa shape index (κ1) is 18.2. The van der Waals surface area contributed by atoms with Crippen molar-refractivity contribution in [2.45, 2.75) is 25.3 Å². The molecule has 2 aromatic carbocycles. The minimum Gasteiger partial charge on any atom is -0.457 e. The van der Waals surface area contributed by atoms with E-state index in [9.17, 15) is 9.18 Å². The van der Waals surface area contributed by atoms with Crippen molar-refractivity contribution in [3.8, 4) is 11.5 Å². The van der Waals surface area contributed by atoms with Gasteiger partial charge >= 0.3 is 0 Å². The molecule has 0 aliphatic carbocycles. The van der Waals surface area contributed by atoms with Crippen LogP contribution in [0.1, 0.15) is 19.3 Å². The van der Waals surface area contributed by atoms with Gasteiger partial charge in [0, 0.05) is 24.2 Å². The van der Waals surface area contributed by atoms with E-state index in [2.05, 4.69) is 10.6 Å². The summed E-state index contributed by atoms with van der Waals surface area (Å²) >= 11 is 0. The maximum absolute atomic E-state index is 13.1. The quantitative estimate of drug-likeness (QED) is 0.852. The van der Waals surface area contributed by atoms with Crippen molar-refractivity contribution in [3.05, 3.63) is 54.3 Å². The average molecular weight is 351 g/mol. The lowest BCUT2D eigenvalue weighted by molar-refractivity contribution is -0.116. The van der Waals surface area contributed by atoms with E-state index >= 15 is 0 Å². The monoisotopic (exact) mass is 350 g/mol. The van der Waals surface area contributed by atoms with Crippen molar-refractivity contribution >= 4 is 24.0 Å². The molecular formula is C18H20ClFN2O2. The van der Waals surface area contributed by atoms with Gasteiger partial charge in [-0.3, -0.25) is 4.79 Å². The Labute approximate surface area is 146 Å². The smallest absolute Gasteiger partial charge is 0.225 e. The van der Waals surface area contributed by atoms with Crippen LogP contribution in [0.4, 0.5) is 10.1 Å². The SMILES string of the molecule is Cl.O=C(CC1CCCN1)Nc1ccc(Oc2cccc(F)c2)cc1. The number of benzene rings is 2. The normalized spacial score (nSPS) is 16.3. The lowest BCUT2D eigenvalue weighted by Crippen LogP contribution is -2.27. The number of hydrogen-bond donors (Lipinski definition) is 2. The van der Waals surface area contributed by atoms with Crippen molar-refractivity contribution in [1.29, 1.82) is 0 Å². The van der Waals surface area contributed by atoms with Crippen LogP contribution in [0.3, 0.4) is 0 Å². The van der Waals surface area contributed by atoms with Gasteiger partial charge in [0.05, 0.1) is 0 Å². The fourth-order valence-corrected chi connectivity index (χ4v) is 2.64. The van der Waals surface area contributed by atoms with Gasteiger partial charge in [0.25, 0.3) is 0 Å². The van der Waals surface area contributed by atoms with Crippen LogP contribution in [0.5, 0.6) is 11.5 Å². The Balaban J connectivity index is 0.00000208. The summed E-state index contributed by atoms with van der Waals surface area (Å²) in [4.78, 5) is 12.0. The van der Waals surface area contributed by atoms with Crippen LogP contribution in [0.25, 0.3) is 0 Å². The van der Waals surface area contributed by atoms with Gasteiger partial charge in [0.2, 0.25) is 5.91 Å². The molecular weight excluding hydrogens is 331 g/mol. The van der Waals surface area contributed by atoms with Crippen LogP contribution < -0.4 is 15.4 Å². The summed E-state index contributed by atoms with van der Waals surface area (Å²) < 4.78 is 18.7. The minimum atomic E-state index is -0.341. The first-order chi connectivity index (χ1) is 11.2. The van der Waals surface area contributed by atoms with Gasteiger partial charge in [0.15, 0.2) is 0 Å². The molecule has 0 saturated carbocycles. The third-order valence-corrected chi connectivity index (χ3v) is 3.76. The fraction of sp³-hybridized carbons (Fsp3) is 0.278. The Morgan fingerprint density at radius 3 is 2.67 bits per heavy atom. The second kappa shape index (κ2) is 8.66. The van der Waals surface area contributed by atoms with Gasteiger partial charge in [-0.1, -0.05) is 6.07 Å². The van der Waals surface area contributed by atoms with E-state index in [1.165, 1.54) is 12.1 Å². The molecule has 128 valence electrons. The van der Waals surface area contributed by atoms with Crippen LogP contribution in [0, 0.1) is 5.82 Å². The molecule has 1 unspecified atom stereocenters. The van der Waals surface area contributed by atoms with Crippen molar-refractivity contribution in [2.24, 2.45) is 0 Å². The van der Waals surface area contributed by atoms with Crippen LogP contribution in [-0.2, 0) is 4.79 Å². The van der Waals surface area contributed by atoms with Crippen LogP contribution >= 0.6 is 12.4 Å². The molecule has 2 N–H and O–H groups in total. The molecule has 0 aromatic heterocycles. The summed E-state index contributed by atoms with van der Waals surface area (Å²) in [6.07, 6.45) is 2.67. The number of anilines is 1. The van der Waals surface area contributed by atoms with Crippen LogP contribution in [-0.4, -0.2) is 18.5 Å². The topological polar surface area (TPSA) is 50.4 Å². The average Bonchev–Trinajstić information content (AvgIpc) is 3.02. The van der Waals surface area contributed by atoms with Crippen molar-refractivity contribution in [1.82, 2.24) is 5.32 Å². The lowest BCUT2D eigenvalue weighted by Gasteiger charge is -2.11. The molecule has 1 atom stereocenters. The van der Waals surface area contributed by atoms with E-state index in [4.69, 9.17) is 4.74 Å². The zero-order valence-corrected chi connectivity index (χ0v) is 13.9. The maximum atomic E-state index is 13.1. The molecule has 0 spiro atoms. The number of halogens is 2. The molecule has 1 saturated heterocycles. The molecule has 4 nitrogen and oxygen atoms in total. The summed E-state index contributed by atoms with van der Waals surface area (Å²) in [5.74, 6) is 0.690. The van der Waals surface area contributed by atoms with E-state index in [1.54, 1.807) is 36.4 Å². The summed E-state index contributed by atoms with van der Waals surface area (Å²) in [6.45, 7) is 0.990. The summed E-state index contributed by atoms with van der Waals surface area (Å²) in [6, 6.07) is 13.3. The maximum Gasteiger partial charge on any atom is 0.225 e. The minimum absolute atomic E-state index is 0. The zero-order valence-electron chi connectivity index (χ0n) is 13.1. The predicted molar refractivity (Wildman–Crippen MR) is 94.4 cm³/mol. The molecule has 2 aromatic rings. The van der Waals surface area contributed by atoms with E-state index in [0.717, 1.165) is 25.1 Å². The molecule has 6 heteroatoms. The molecule has 1 amide bonds. The second-order valence-corrected chi connectivity index (χ2v) is 5.63. The molecule has 0 bridgehead atoms. The molecule has 1 aliphatic heterocycles. The van der Waals surface area contributed by atoms with Gasteiger partial charge in [0.1, 0.15) is 17.3 Å². The molecule has 1 fully saturated rings. The molecule has 3 rings (SSSR count). The predicted octanol–water partition coefficient (Wildman–Crippen LogP) is 4.12. The Bertz CT molecular complexity index is 673. The van der Waals surface area contributed by atoms with E-state index in [0.29, 0.717) is 17.9 Å². The molecule has 0 radical (unpaired) electrons. The highest BCUT2D eigenvalue weighted by molar-refractivity contribution is 5.91. The highest BCUT2D eigenvalue weighted by Gasteiger charge is 2.17. The van der Waals surface area contributed by atoms with Crippen molar-refractivity contribution in [2.75, 3.05) is 11.9 Å². The number of hydrogen-bond acceptors (Lipinski definition) is 3. The van der Waals surface area contributed by atoms with Gasteiger partial charge < -0.3 is 15.4 Å². The first-order valence-corrected chi connectivity index (χ1v) is 7.76. The number of carbonyl (C=O) groups is 1. The summed E-state index contributed by atoms with van der Waals surface area (Å²) in [7, 11) is 0. The van der Waals surface area contributed by atoms with E-state index in [-0.39, 0.29) is 30.2 Å². The fourth-order valence-electron chi connectivity index (χ4n) is 2.64. The Hall–Kier alpha value is -2.11. The van der Waals surface area contributed by atoms with E-state index in [1.807, 2.05) is 0 Å². The molecule has 1 aliphatic rings. The Morgan fingerprint density at radius 2 is 2.00 bits per heavy atom. The van der Waals surface area contributed by atoms with Gasteiger partial charge in [-0.15, -0.1) is 12.4 Å². The van der Waals surface area contributed by atoms with Crippen molar-refractivity contribution in [3.63, 3.8) is 0 Å². The number of ether oxygens (including phenoxy) is 1. The standard InChI is InChI=1S/C18H19FN2O2.ClH/c19-13-3-1-5-17(11-13)23-16-8-6-14(7-9-16)21-18(22)12-15-4-2-10-20-15;/h1,3,5-9,11,15,20H,2,4,10,12H2,(H,21,22);1H. The summed E-state index contributed by atoms with van der Waals surface area (Å²) in [5.41, 5.74) is 0.722. The number of nitrogens with one attached hydrogen (secondary N) is 2. The lowest BCUT2D eigenvalue weighted by atomic mass is 10.1. The second-order valence-electron chi connectivity index (χ2n) is 5.63. The number of carbonyl (C=O) groups excluding carboxylic acids is 1. The Kier molecular flexibility index (Phi) is 6.58. The largest absolute Gasteiger partial charge is 0.457 e.